The topological polar surface area (TPSA) is 159 Å². The van der Waals surface area contributed by atoms with Gasteiger partial charge in [-0.15, -0.1) is 0 Å². The number of fused-ring (bicyclic) bond motifs is 1. The molecule has 1 aliphatic rings. The van der Waals surface area contributed by atoms with E-state index in [1.807, 2.05) is 0 Å². The highest BCUT2D eigenvalue weighted by atomic mass is 16.7. The molecule has 5 N–H and O–H groups in total. The van der Waals surface area contributed by atoms with Crippen molar-refractivity contribution >= 4 is 11.0 Å². The van der Waals surface area contributed by atoms with Crippen molar-refractivity contribution in [2.45, 2.75) is 18.0 Å². The van der Waals surface area contributed by atoms with E-state index in [0.717, 1.165) is 6.07 Å². The lowest BCUT2D eigenvalue weighted by molar-refractivity contribution is -0.115. The highest BCUT2D eigenvalue weighted by molar-refractivity contribution is 5.86. The minimum Gasteiger partial charge on any atom is -0.507 e. The van der Waals surface area contributed by atoms with Gasteiger partial charge in [-0.05, 0) is 18.2 Å². The summed E-state index contributed by atoms with van der Waals surface area (Å²) >= 11 is 0. The Bertz CT molecular complexity index is 1190. The van der Waals surface area contributed by atoms with E-state index in [9.17, 15) is 30.3 Å². The first-order chi connectivity index (χ1) is 14.8. The Kier molecular flexibility index (Phi) is 5.23. The fourth-order valence-electron chi connectivity index (χ4n) is 3.33. The Morgan fingerprint density at radius 1 is 1.16 bits per heavy atom. The Morgan fingerprint density at radius 2 is 1.94 bits per heavy atom. The van der Waals surface area contributed by atoms with E-state index in [-0.39, 0.29) is 40.6 Å². The Morgan fingerprint density at radius 3 is 2.58 bits per heavy atom. The summed E-state index contributed by atoms with van der Waals surface area (Å²) in [5.74, 6) is -0.201. The molecule has 1 fully saturated rings. The lowest BCUT2D eigenvalue weighted by Gasteiger charge is -2.23. The van der Waals surface area contributed by atoms with Gasteiger partial charge >= 0.3 is 0 Å². The molecule has 0 aliphatic carbocycles. The average Bonchev–Trinajstić information content (AvgIpc) is 3.02. The summed E-state index contributed by atoms with van der Waals surface area (Å²) in [6.45, 7) is -1.08. The quantitative estimate of drug-likeness (QED) is 0.388. The van der Waals surface area contributed by atoms with Crippen molar-refractivity contribution in [2.24, 2.45) is 0 Å². The first-order valence-corrected chi connectivity index (χ1v) is 9.23. The molecular formula is C21H20O10. The lowest BCUT2D eigenvalue weighted by atomic mass is 10.0. The molecule has 0 saturated carbocycles. The number of rotatable bonds is 5. The highest BCUT2D eigenvalue weighted by Crippen LogP contribution is 2.35. The third-order valence-electron chi connectivity index (χ3n) is 5.08. The maximum Gasteiger partial charge on any atom is 0.229 e. The van der Waals surface area contributed by atoms with Gasteiger partial charge in [0.15, 0.2) is 16.9 Å². The summed E-state index contributed by atoms with van der Waals surface area (Å²) < 4.78 is 21.4. The van der Waals surface area contributed by atoms with Gasteiger partial charge in [0.05, 0.1) is 20.3 Å². The smallest absolute Gasteiger partial charge is 0.229 e. The van der Waals surface area contributed by atoms with Crippen LogP contribution in [0.2, 0.25) is 0 Å². The zero-order chi connectivity index (χ0) is 22.3. The number of phenolic OH excluding ortho intramolecular Hbond substituents is 2. The van der Waals surface area contributed by atoms with E-state index >= 15 is 0 Å². The van der Waals surface area contributed by atoms with E-state index in [1.54, 1.807) is 6.07 Å². The molecule has 164 valence electrons. The van der Waals surface area contributed by atoms with E-state index in [4.69, 9.17) is 18.6 Å². The van der Waals surface area contributed by atoms with Crippen molar-refractivity contribution in [2.75, 3.05) is 20.3 Å². The van der Waals surface area contributed by atoms with Gasteiger partial charge in [-0.2, -0.15) is 0 Å². The van der Waals surface area contributed by atoms with Crippen LogP contribution in [0, 0.1) is 0 Å². The molecule has 1 aliphatic heterocycles. The zero-order valence-corrected chi connectivity index (χ0v) is 16.3. The molecule has 10 heteroatoms. The number of aliphatic hydroxyl groups excluding tert-OH is 2. The molecule has 2 aromatic carbocycles. The van der Waals surface area contributed by atoms with E-state index in [1.165, 1.54) is 31.4 Å². The van der Waals surface area contributed by atoms with Crippen molar-refractivity contribution in [3.63, 3.8) is 0 Å². The minimum absolute atomic E-state index is 0.00545. The standard InChI is InChI=1S/C21H20O10/c1-28-15-3-2-10(4-12(15)23)16-7-14(25)18-13(24)5-11(6-17(18)31-16)30-20-19(26)21(27,8-22)9-29-20/h2-7,19-20,22-24,26-27H,8-9H2,1H3. The van der Waals surface area contributed by atoms with E-state index in [0.29, 0.717) is 5.56 Å². The second kappa shape index (κ2) is 7.75. The van der Waals surface area contributed by atoms with Crippen LogP contribution in [0.5, 0.6) is 23.0 Å². The van der Waals surface area contributed by atoms with Crippen molar-refractivity contribution in [3.05, 3.63) is 46.6 Å². The van der Waals surface area contributed by atoms with Gasteiger partial charge in [0.2, 0.25) is 6.29 Å². The second-order valence-corrected chi connectivity index (χ2v) is 7.18. The SMILES string of the molecule is COc1ccc(-c2cc(=O)c3c(O)cc(OC4OCC(O)(CO)C4O)cc3o2)cc1O. The predicted octanol–water partition coefficient (Wildman–Crippen LogP) is 0.699. The van der Waals surface area contributed by atoms with Crippen molar-refractivity contribution in [1.82, 2.24) is 0 Å². The Labute approximate surface area is 175 Å². The molecule has 2 heterocycles. The third kappa shape index (κ3) is 3.66. The van der Waals surface area contributed by atoms with Gasteiger partial charge in [-0.1, -0.05) is 0 Å². The first-order valence-electron chi connectivity index (χ1n) is 9.23. The molecule has 0 bridgehead atoms. The number of hydrogen-bond acceptors (Lipinski definition) is 10. The van der Waals surface area contributed by atoms with Crippen molar-refractivity contribution in [1.29, 1.82) is 0 Å². The predicted molar refractivity (Wildman–Crippen MR) is 106 cm³/mol. The summed E-state index contributed by atoms with van der Waals surface area (Å²) in [7, 11) is 1.40. The molecule has 4 rings (SSSR count). The Balaban J connectivity index is 1.72. The number of hydrogen-bond donors (Lipinski definition) is 5. The fraction of sp³-hybridized carbons (Fsp3) is 0.286. The summed E-state index contributed by atoms with van der Waals surface area (Å²) in [5, 5.41) is 49.6. The molecular weight excluding hydrogens is 412 g/mol. The number of methoxy groups -OCH3 is 1. The van der Waals surface area contributed by atoms with Gasteiger partial charge in [-0.25, -0.2) is 0 Å². The van der Waals surface area contributed by atoms with E-state index in [2.05, 4.69) is 0 Å². The molecule has 31 heavy (non-hydrogen) atoms. The summed E-state index contributed by atoms with van der Waals surface area (Å²) in [6, 6.07) is 8.09. The first kappa shape index (κ1) is 20.9. The van der Waals surface area contributed by atoms with Crippen LogP contribution in [0.3, 0.4) is 0 Å². The van der Waals surface area contributed by atoms with Crippen molar-refractivity contribution < 1.29 is 44.2 Å². The maximum absolute atomic E-state index is 12.6. The number of ether oxygens (including phenoxy) is 3. The van der Waals surface area contributed by atoms with Crippen LogP contribution in [0.1, 0.15) is 0 Å². The number of phenols is 2. The van der Waals surface area contributed by atoms with Crippen LogP contribution in [0.15, 0.2) is 45.6 Å². The summed E-state index contributed by atoms with van der Waals surface area (Å²) in [6.07, 6.45) is -2.86. The van der Waals surface area contributed by atoms with Gasteiger partial charge < -0.3 is 44.2 Å². The van der Waals surface area contributed by atoms with Gasteiger partial charge in [0.25, 0.3) is 0 Å². The molecule has 3 unspecified atom stereocenters. The van der Waals surface area contributed by atoms with Gasteiger partial charge in [0.1, 0.15) is 39.9 Å². The number of aromatic hydroxyl groups is 2. The van der Waals surface area contributed by atoms with E-state index < -0.39 is 35.8 Å². The molecule has 10 nitrogen and oxygen atoms in total. The third-order valence-corrected chi connectivity index (χ3v) is 5.08. The van der Waals surface area contributed by atoms with Crippen LogP contribution >= 0.6 is 0 Å². The normalized spacial score (nSPS) is 23.2. The summed E-state index contributed by atoms with van der Waals surface area (Å²) in [4.78, 5) is 12.6. The average molecular weight is 432 g/mol. The molecule has 3 atom stereocenters. The molecule has 3 aromatic rings. The lowest BCUT2D eigenvalue weighted by Crippen LogP contribution is -2.48. The van der Waals surface area contributed by atoms with Crippen molar-refractivity contribution in [3.8, 4) is 34.3 Å². The largest absolute Gasteiger partial charge is 0.507 e. The fourth-order valence-corrected chi connectivity index (χ4v) is 3.33. The zero-order valence-electron chi connectivity index (χ0n) is 16.3. The molecule has 1 saturated heterocycles. The molecule has 1 aromatic heterocycles. The monoisotopic (exact) mass is 432 g/mol. The maximum atomic E-state index is 12.6. The Hall–Kier alpha value is -3.31. The molecule has 0 radical (unpaired) electrons. The molecule has 0 spiro atoms. The van der Waals surface area contributed by atoms with Crippen LogP contribution < -0.4 is 14.9 Å². The number of aliphatic hydroxyl groups is 3. The van der Waals surface area contributed by atoms with Crippen LogP contribution in [-0.2, 0) is 4.74 Å². The summed E-state index contributed by atoms with van der Waals surface area (Å²) in [5.41, 5.74) is -2.02. The number of benzene rings is 2. The van der Waals surface area contributed by atoms with Crippen LogP contribution in [-0.4, -0.2) is 63.9 Å². The van der Waals surface area contributed by atoms with Gasteiger partial charge in [0, 0.05) is 23.8 Å². The van der Waals surface area contributed by atoms with Crippen LogP contribution in [0.4, 0.5) is 0 Å². The highest BCUT2D eigenvalue weighted by Gasteiger charge is 2.49. The van der Waals surface area contributed by atoms with Gasteiger partial charge in [-0.3, -0.25) is 4.79 Å². The molecule has 0 amide bonds. The minimum atomic E-state index is -1.88. The second-order valence-electron chi connectivity index (χ2n) is 7.18. The van der Waals surface area contributed by atoms with Crippen LogP contribution in [0.25, 0.3) is 22.3 Å².